The molecule has 0 atom stereocenters. The van der Waals surface area contributed by atoms with Crippen molar-refractivity contribution in [1.29, 1.82) is 0 Å². The molecule has 0 saturated carbocycles. The van der Waals surface area contributed by atoms with E-state index >= 15 is 0 Å². The molecule has 6 heteroatoms. The maximum Gasteiger partial charge on any atom is 0.454 e. The summed E-state index contributed by atoms with van der Waals surface area (Å²) in [6.07, 6.45) is -4.99. The number of alkyl halides is 3. The summed E-state index contributed by atoms with van der Waals surface area (Å²) in [6.45, 7) is 0. The Morgan fingerprint density at radius 2 is 1.86 bits per heavy atom. The highest BCUT2D eigenvalue weighted by atomic mass is 79.9. The first kappa shape index (κ1) is 11.2. The first-order valence-electron chi connectivity index (χ1n) is 3.39. The predicted molar refractivity (Wildman–Crippen MR) is 44.5 cm³/mol. The molecule has 1 aromatic carbocycles. The van der Waals surface area contributed by atoms with Crippen LogP contribution in [0.4, 0.5) is 17.6 Å². The molecule has 0 heterocycles. The normalized spacial score (nSPS) is 11.5. The molecule has 0 radical (unpaired) electrons. The van der Waals surface area contributed by atoms with Gasteiger partial charge in [-0.05, 0) is 18.2 Å². The molecule has 0 spiro atoms. The van der Waals surface area contributed by atoms with E-state index in [0.717, 1.165) is 12.1 Å². The van der Waals surface area contributed by atoms with E-state index < -0.39 is 23.3 Å². The molecule has 1 aromatic rings. The maximum atomic E-state index is 12.6. The lowest BCUT2D eigenvalue weighted by molar-refractivity contribution is -0.0885. The lowest BCUT2D eigenvalue weighted by Crippen LogP contribution is -2.23. The summed E-state index contributed by atoms with van der Waals surface area (Å²) in [4.78, 5) is 10.7. The molecule has 0 saturated heterocycles. The maximum absolute atomic E-state index is 12.6. The minimum Gasteiger partial charge on any atom is -0.284 e. The predicted octanol–water partition coefficient (Wildman–Crippen LogP) is 3.33. The summed E-state index contributed by atoms with van der Waals surface area (Å²) in [6, 6.07) is 2.55. The molecule has 0 fully saturated rings. The first-order valence-corrected chi connectivity index (χ1v) is 4.18. The number of hydrogen-bond donors (Lipinski definition) is 0. The largest absolute Gasteiger partial charge is 0.454 e. The van der Waals surface area contributed by atoms with Gasteiger partial charge in [-0.15, -0.1) is 0 Å². The molecule has 0 aromatic heterocycles. The van der Waals surface area contributed by atoms with Gasteiger partial charge < -0.3 is 0 Å². The van der Waals surface area contributed by atoms with Crippen molar-refractivity contribution in [3.05, 3.63) is 34.1 Å². The molecule has 0 amide bonds. The molecule has 0 unspecified atom stereocenters. The van der Waals surface area contributed by atoms with Crippen LogP contribution in [-0.2, 0) is 0 Å². The van der Waals surface area contributed by atoms with Crippen molar-refractivity contribution in [2.75, 3.05) is 0 Å². The van der Waals surface area contributed by atoms with Gasteiger partial charge in [0, 0.05) is 10.0 Å². The number of benzene rings is 1. The van der Waals surface area contributed by atoms with Crippen LogP contribution >= 0.6 is 15.9 Å². The van der Waals surface area contributed by atoms with Crippen LogP contribution in [0.3, 0.4) is 0 Å². The van der Waals surface area contributed by atoms with Crippen molar-refractivity contribution in [3.63, 3.8) is 0 Å². The Labute approximate surface area is 84.9 Å². The van der Waals surface area contributed by atoms with E-state index in [1.165, 1.54) is 0 Å². The summed E-state index contributed by atoms with van der Waals surface area (Å²) in [5.41, 5.74) is -0.725. The number of halogens is 5. The van der Waals surface area contributed by atoms with E-state index in [1.807, 2.05) is 0 Å². The highest BCUT2D eigenvalue weighted by Crippen LogP contribution is 2.26. The SMILES string of the molecule is O=C(c1cc(F)ccc1Br)C(F)(F)F. The van der Waals surface area contributed by atoms with E-state index in [1.54, 1.807) is 0 Å². The third kappa shape index (κ3) is 2.31. The molecule has 0 aliphatic heterocycles. The molecule has 0 N–H and O–H groups in total. The minimum atomic E-state index is -4.99. The lowest BCUT2D eigenvalue weighted by atomic mass is 10.1. The quantitative estimate of drug-likeness (QED) is 0.565. The van der Waals surface area contributed by atoms with Crippen LogP contribution in [0.1, 0.15) is 10.4 Å². The Morgan fingerprint density at radius 1 is 1.29 bits per heavy atom. The fraction of sp³-hybridized carbons (Fsp3) is 0.125. The number of carbonyl (C=O) groups excluding carboxylic acids is 1. The molecule has 76 valence electrons. The van der Waals surface area contributed by atoms with Gasteiger partial charge in [-0.3, -0.25) is 4.79 Å². The van der Waals surface area contributed by atoms with Crippen molar-refractivity contribution in [3.8, 4) is 0 Å². The van der Waals surface area contributed by atoms with E-state index in [4.69, 9.17) is 0 Å². The van der Waals surface area contributed by atoms with Crippen LogP contribution in [0.15, 0.2) is 22.7 Å². The molecular weight excluding hydrogens is 268 g/mol. The molecule has 0 bridgehead atoms. The summed E-state index contributed by atoms with van der Waals surface area (Å²) < 4.78 is 48.3. The first-order chi connectivity index (χ1) is 6.32. The fourth-order valence-electron chi connectivity index (χ4n) is 0.824. The van der Waals surface area contributed by atoms with Gasteiger partial charge >= 0.3 is 6.18 Å². The summed E-state index contributed by atoms with van der Waals surface area (Å²) in [5, 5.41) is 0. The number of rotatable bonds is 1. The lowest BCUT2D eigenvalue weighted by Gasteiger charge is -2.06. The summed E-state index contributed by atoms with van der Waals surface area (Å²) >= 11 is 2.74. The summed E-state index contributed by atoms with van der Waals surface area (Å²) in [5.74, 6) is -2.95. The Bertz CT molecular complexity index is 372. The van der Waals surface area contributed by atoms with Crippen molar-refractivity contribution in [2.24, 2.45) is 0 Å². The second-order valence-corrected chi connectivity index (χ2v) is 3.31. The smallest absolute Gasteiger partial charge is 0.284 e. The average molecular weight is 271 g/mol. The molecule has 0 aliphatic carbocycles. The van der Waals surface area contributed by atoms with Crippen molar-refractivity contribution >= 4 is 21.7 Å². The van der Waals surface area contributed by atoms with Gasteiger partial charge in [0.1, 0.15) is 5.82 Å². The molecule has 14 heavy (non-hydrogen) atoms. The second kappa shape index (κ2) is 3.68. The van der Waals surface area contributed by atoms with E-state index in [-0.39, 0.29) is 4.47 Å². The van der Waals surface area contributed by atoms with Crippen LogP contribution in [0.5, 0.6) is 0 Å². The molecular formula is C8H3BrF4O. The van der Waals surface area contributed by atoms with Gasteiger partial charge in [0.05, 0.1) is 0 Å². The van der Waals surface area contributed by atoms with Gasteiger partial charge in [0.25, 0.3) is 5.78 Å². The number of carbonyl (C=O) groups is 1. The van der Waals surface area contributed by atoms with Crippen LogP contribution < -0.4 is 0 Å². The minimum absolute atomic E-state index is 0.0822. The van der Waals surface area contributed by atoms with Gasteiger partial charge in [-0.1, -0.05) is 15.9 Å². The summed E-state index contributed by atoms with van der Waals surface area (Å²) in [7, 11) is 0. The highest BCUT2D eigenvalue weighted by molar-refractivity contribution is 9.10. The number of Topliss-reactive ketones (excluding diaryl/α,β-unsaturated/α-hetero) is 1. The van der Waals surface area contributed by atoms with Crippen LogP contribution in [0.25, 0.3) is 0 Å². The standard InChI is InChI=1S/C8H3BrF4O/c9-6-2-1-4(10)3-5(6)7(14)8(11,12)13/h1-3H. The zero-order chi connectivity index (χ0) is 10.9. The molecule has 1 nitrogen and oxygen atoms in total. The van der Waals surface area contributed by atoms with Crippen molar-refractivity contribution < 1.29 is 22.4 Å². The van der Waals surface area contributed by atoms with Crippen LogP contribution in [0.2, 0.25) is 0 Å². The van der Waals surface area contributed by atoms with Gasteiger partial charge in [-0.25, -0.2) is 4.39 Å². The second-order valence-electron chi connectivity index (χ2n) is 2.45. The Kier molecular flexibility index (Phi) is 2.94. The third-order valence-electron chi connectivity index (χ3n) is 1.43. The van der Waals surface area contributed by atoms with Crippen molar-refractivity contribution in [1.82, 2.24) is 0 Å². The van der Waals surface area contributed by atoms with Crippen LogP contribution in [0, 0.1) is 5.82 Å². The Hall–Kier alpha value is -0.910. The van der Waals surface area contributed by atoms with Crippen molar-refractivity contribution in [2.45, 2.75) is 6.18 Å². The zero-order valence-corrected chi connectivity index (χ0v) is 8.12. The Morgan fingerprint density at radius 3 is 2.36 bits per heavy atom. The van der Waals surface area contributed by atoms with Gasteiger partial charge in [0.2, 0.25) is 0 Å². The van der Waals surface area contributed by atoms with Gasteiger partial charge in [0.15, 0.2) is 0 Å². The average Bonchev–Trinajstić information content (AvgIpc) is 2.06. The number of ketones is 1. The van der Waals surface area contributed by atoms with E-state index in [9.17, 15) is 22.4 Å². The fourth-order valence-corrected chi connectivity index (χ4v) is 1.25. The molecule has 1 rings (SSSR count). The zero-order valence-electron chi connectivity index (χ0n) is 6.53. The highest BCUT2D eigenvalue weighted by Gasteiger charge is 2.40. The monoisotopic (exact) mass is 270 g/mol. The Balaban J connectivity index is 3.19. The molecule has 0 aliphatic rings. The third-order valence-corrected chi connectivity index (χ3v) is 2.12. The topological polar surface area (TPSA) is 17.1 Å². The van der Waals surface area contributed by atoms with E-state index in [2.05, 4.69) is 15.9 Å². The van der Waals surface area contributed by atoms with Crippen LogP contribution in [-0.4, -0.2) is 12.0 Å². The van der Waals surface area contributed by atoms with E-state index in [0.29, 0.717) is 6.07 Å². The van der Waals surface area contributed by atoms with Gasteiger partial charge in [-0.2, -0.15) is 13.2 Å². The number of hydrogen-bond acceptors (Lipinski definition) is 1.